The van der Waals surface area contributed by atoms with Crippen LogP contribution in [0.25, 0.3) is 0 Å². The molecule has 60 heavy (non-hydrogen) atoms. The number of ether oxygens (including phenoxy) is 3. The van der Waals surface area contributed by atoms with Crippen LogP contribution in [0.5, 0.6) is 0 Å². The standard InChI is InChI=1S/C54H90O6/c1-4-7-10-13-16-19-21-23-25-26-27-28-29-31-32-35-38-41-44-47-53(56)59-50-51(49-58-52(55)46-43-40-37-34-18-15-12-9-6-3)60-54(57)48-45-42-39-36-33-30-24-22-20-17-14-11-8-5-2/h7-8,10-11,16-17,19-20,23-25,30,34,37,51H,4-6,9,12-15,18,21-22,26-29,31-33,35-36,38-50H2,1-3H3/b10-7-,11-8-,19-16-,20-17-,25-23-,30-24-,37-34-. The highest BCUT2D eigenvalue weighted by Gasteiger charge is 2.19. The van der Waals surface area contributed by atoms with E-state index in [0.29, 0.717) is 25.7 Å². The maximum absolute atomic E-state index is 12.7. The largest absolute Gasteiger partial charge is 0.462 e. The average molecular weight is 835 g/mol. The number of allylic oxidation sites excluding steroid dienone is 14. The summed E-state index contributed by atoms with van der Waals surface area (Å²) < 4.78 is 16.7. The summed E-state index contributed by atoms with van der Waals surface area (Å²) in [6.07, 6.45) is 61.5. The van der Waals surface area contributed by atoms with Gasteiger partial charge < -0.3 is 14.2 Å². The molecule has 0 amide bonds. The van der Waals surface area contributed by atoms with Crippen molar-refractivity contribution in [2.45, 2.75) is 226 Å². The molecule has 0 fully saturated rings. The molecule has 1 atom stereocenters. The number of rotatable bonds is 43. The molecule has 0 aliphatic carbocycles. The Kier molecular flexibility index (Phi) is 45.5. The quantitative estimate of drug-likeness (QED) is 0.0263. The fourth-order valence-corrected chi connectivity index (χ4v) is 6.47. The van der Waals surface area contributed by atoms with Crippen LogP contribution in [0.1, 0.15) is 220 Å². The molecule has 0 spiro atoms. The second-order valence-corrected chi connectivity index (χ2v) is 16.0. The van der Waals surface area contributed by atoms with Crippen LogP contribution < -0.4 is 0 Å². The minimum Gasteiger partial charge on any atom is -0.462 e. The SMILES string of the molecule is CC/C=C\C/C=C\C/C=C\CCCCCCCCCCCC(=O)OCC(COC(=O)CCC/C=C\CCCCCC)OC(=O)CCCCCC/C=C\C/C=C\C/C=C\CC. The lowest BCUT2D eigenvalue weighted by Crippen LogP contribution is -2.30. The van der Waals surface area contributed by atoms with Crippen LogP contribution in [0.4, 0.5) is 0 Å². The van der Waals surface area contributed by atoms with Gasteiger partial charge in [0, 0.05) is 19.3 Å². The van der Waals surface area contributed by atoms with E-state index >= 15 is 0 Å². The van der Waals surface area contributed by atoms with Gasteiger partial charge in [-0.15, -0.1) is 0 Å². The molecule has 1 unspecified atom stereocenters. The average Bonchev–Trinajstić information content (AvgIpc) is 3.24. The summed E-state index contributed by atoms with van der Waals surface area (Å²) in [6, 6.07) is 0. The molecule has 0 heterocycles. The summed E-state index contributed by atoms with van der Waals surface area (Å²) in [4.78, 5) is 37.8. The topological polar surface area (TPSA) is 78.9 Å². The minimum absolute atomic E-state index is 0.0979. The lowest BCUT2D eigenvalue weighted by molar-refractivity contribution is -0.167. The van der Waals surface area contributed by atoms with Gasteiger partial charge in [0.15, 0.2) is 6.10 Å². The zero-order valence-corrected chi connectivity index (χ0v) is 38.9. The van der Waals surface area contributed by atoms with Crippen molar-refractivity contribution >= 4 is 17.9 Å². The number of esters is 3. The highest BCUT2D eigenvalue weighted by Crippen LogP contribution is 2.13. The molecule has 6 nitrogen and oxygen atoms in total. The fourth-order valence-electron chi connectivity index (χ4n) is 6.47. The third kappa shape index (κ3) is 45.7. The molecule has 0 bridgehead atoms. The van der Waals surface area contributed by atoms with Gasteiger partial charge in [0.1, 0.15) is 13.2 Å². The molecule has 0 aromatic heterocycles. The molecule has 0 aliphatic rings. The van der Waals surface area contributed by atoms with E-state index in [2.05, 4.69) is 106 Å². The van der Waals surface area contributed by atoms with E-state index in [4.69, 9.17) is 14.2 Å². The molecule has 0 rings (SSSR count). The van der Waals surface area contributed by atoms with Crippen molar-refractivity contribution in [3.05, 3.63) is 85.1 Å². The van der Waals surface area contributed by atoms with Gasteiger partial charge in [0.05, 0.1) is 0 Å². The first-order chi connectivity index (χ1) is 29.5. The van der Waals surface area contributed by atoms with Crippen LogP contribution in [-0.2, 0) is 28.6 Å². The van der Waals surface area contributed by atoms with Crippen LogP contribution >= 0.6 is 0 Å². The summed E-state index contributed by atoms with van der Waals surface area (Å²) in [5.74, 6) is -0.967. The Hall–Kier alpha value is -3.41. The predicted octanol–water partition coefficient (Wildman–Crippen LogP) is 16.0. The molecule has 0 aliphatic heterocycles. The fraction of sp³-hybridized carbons (Fsp3) is 0.685. The first kappa shape index (κ1) is 56.6. The van der Waals surface area contributed by atoms with E-state index in [1.165, 1.54) is 70.6 Å². The second kappa shape index (κ2) is 48.3. The zero-order valence-electron chi connectivity index (χ0n) is 38.9. The molecule has 342 valence electrons. The summed E-state index contributed by atoms with van der Waals surface area (Å²) in [5, 5.41) is 0. The van der Waals surface area contributed by atoms with Crippen molar-refractivity contribution in [2.75, 3.05) is 13.2 Å². The highest BCUT2D eigenvalue weighted by atomic mass is 16.6. The summed E-state index contributed by atoms with van der Waals surface area (Å²) in [7, 11) is 0. The Morgan fingerprint density at radius 1 is 0.350 bits per heavy atom. The van der Waals surface area contributed by atoms with Gasteiger partial charge in [-0.05, 0) is 103 Å². The van der Waals surface area contributed by atoms with E-state index in [9.17, 15) is 14.4 Å². The molecule has 0 radical (unpaired) electrons. The Bertz CT molecular complexity index is 1190. The molecule has 0 saturated carbocycles. The first-order valence-corrected chi connectivity index (χ1v) is 24.6. The van der Waals surface area contributed by atoms with Crippen LogP contribution in [0.15, 0.2) is 85.1 Å². The molecular weight excluding hydrogens is 745 g/mol. The Morgan fingerprint density at radius 2 is 0.667 bits per heavy atom. The van der Waals surface area contributed by atoms with Crippen LogP contribution in [-0.4, -0.2) is 37.2 Å². The molecule has 0 aromatic rings. The van der Waals surface area contributed by atoms with Gasteiger partial charge in [-0.1, -0.05) is 183 Å². The molecule has 0 saturated heterocycles. The Morgan fingerprint density at radius 3 is 1.10 bits per heavy atom. The smallest absolute Gasteiger partial charge is 0.306 e. The summed E-state index contributed by atoms with van der Waals surface area (Å²) in [5.41, 5.74) is 0. The highest BCUT2D eigenvalue weighted by molar-refractivity contribution is 5.71. The van der Waals surface area contributed by atoms with Crippen molar-refractivity contribution in [1.82, 2.24) is 0 Å². The van der Waals surface area contributed by atoms with Crippen molar-refractivity contribution in [2.24, 2.45) is 0 Å². The maximum atomic E-state index is 12.7. The number of carbonyl (C=O) groups excluding carboxylic acids is 3. The molecule has 0 aromatic carbocycles. The van der Waals surface area contributed by atoms with Crippen LogP contribution in [0.2, 0.25) is 0 Å². The van der Waals surface area contributed by atoms with Crippen LogP contribution in [0.3, 0.4) is 0 Å². The molecule has 6 heteroatoms. The minimum atomic E-state index is -0.800. The zero-order chi connectivity index (χ0) is 43.7. The first-order valence-electron chi connectivity index (χ1n) is 24.6. The maximum Gasteiger partial charge on any atom is 0.306 e. The molecule has 0 N–H and O–H groups in total. The molecular formula is C54H90O6. The van der Waals surface area contributed by atoms with Gasteiger partial charge in [-0.2, -0.15) is 0 Å². The predicted molar refractivity (Wildman–Crippen MR) is 256 cm³/mol. The lowest BCUT2D eigenvalue weighted by atomic mass is 10.1. The summed E-state index contributed by atoms with van der Waals surface area (Å²) in [6.45, 7) is 6.32. The van der Waals surface area contributed by atoms with Crippen molar-refractivity contribution in [1.29, 1.82) is 0 Å². The third-order valence-electron chi connectivity index (χ3n) is 10.1. The second-order valence-electron chi connectivity index (χ2n) is 16.0. The van der Waals surface area contributed by atoms with Gasteiger partial charge >= 0.3 is 17.9 Å². The monoisotopic (exact) mass is 835 g/mol. The summed E-state index contributed by atoms with van der Waals surface area (Å²) >= 11 is 0. The van der Waals surface area contributed by atoms with Gasteiger partial charge in [0.2, 0.25) is 0 Å². The van der Waals surface area contributed by atoms with Crippen molar-refractivity contribution < 1.29 is 28.6 Å². The Balaban J connectivity index is 4.37. The lowest BCUT2D eigenvalue weighted by Gasteiger charge is -2.18. The van der Waals surface area contributed by atoms with Gasteiger partial charge in [0.25, 0.3) is 0 Å². The van der Waals surface area contributed by atoms with E-state index in [-0.39, 0.29) is 31.1 Å². The van der Waals surface area contributed by atoms with E-state index in [0.717, 1.165) is 103 Å². The van der Waals surface area contributed by atoms with E-state index in [1.54, 1.807) is 0 Å². The number of hydrogen-bond acceptors (Lipinski definition) is 6. The van der Waals surface area contributed by atoms with Crippen LogP contribution in [0, 0.1) is 0 Å². The van der Waals surface area contributed by atoms with Gasteiger partial charge in [-0.25, -0.2) is 0 Å². The number of unbranched alkanes of at least 4 members (excludes halogenated alkanes) is 18. The number of carbonyl (C=O) groups is 3. The third-order valence-corrected chi connectivity index (χ3v) is 10.1. The number of hydrogen-bond donors (Lipinski definition) is 0. The van der Waals surface area contributed by atoms with Gasteiger partial charge in [-0.3, -0.25) is 14.4 Å². The van der Waals surface area contributed by atoms with Crippen molar-refractivity contribution in [3.63, 3.8) is 0 Å². The normalized spacial score (nSPS) is 12.8. The Labute approximate surface area is 369 Å². The van der Waals surface area contributed by atoms with E-state index < -0.39 is 6.10 Å². The van der Waals surface area contributed by atoms with E-state index in [1.807, 2.05) is 0 Å². The van der Waals surface area contributed by atoms with Crippen molar-refractivity contribution in [3.8, 4) is 0 Å².